The fourth-order valence-electron chi connectivity index (χ4n) is 2.06. The largest absolute Gasteiger partial charge is 0.468 e. The van der Waals surface area contributed by atoms with Crippen LogP contribution in [0.25, 0.3) is 0 Å². The lowest BCUT2D eigenvalue weighted by molar-refractivity contribution is -0.148. The SMILES string of the molecule is COC(=O)[C@@H]1NC[C@]12C[C@@H]2C. The van der Waals surface area contributed by atoms with Crippen LogP contribution in [0.2, 0.25) is 0 Å². The average molecular weight is 155 g/mol. The van der Waals surface area contributed by atoms with Crippen molar-refractivity contribution in [2.24, 2.45) is 11.3 Å². The van der Waals surface area contributed by atoms with Crippen LogP contribution in [-0.4, -0.2) is 25.7 Å². The maximum atomic E-state index is 11.1. The Morgan fingerprint density at radius 3 is 2.64 bits per heavy atom. The summed E-state index contributed by atoms with van der Waals surface area (Å²) in [5.41, 5.74) is 0.285. The van der Waals surface area contributed by atoms with Gasteiger partial charge < -0.3 is 10.1 Å². The molecule has 1 aliphatic heterocycles. The summed E-state index contributed by atoms with van der Waals surface area (Å²) in [6.45, 7) is 3.19. The molecule has 0 radical (unpaired) electrons. The van der Waals surface area contributed by atoms with Gasteiger partial charge in [0.25, 0.3) is 0 Å². The molecule has 0 aromatic heterocycles. The minimum absolute atomic E-state index is 0.0116. The van der Waals surface area contributed by atoms with Crippen molar-refractivity contribution in [1.82, 2.24) is 5.32 Å². The summed E-state index contributed by atoms with van der Waals surface area (Å²) in [6, 6.07) is -0.0116. The van der Waals surface area contributed by atoms with E-state index in [0.29, 0.717) is 5.92 Å². The lowest BCUT2D eigenvalue weighted by Gasteiger charge is -2.37. The van der Waals surface area contributed by atoms with Crippen LogP contribution in [0.4, 0.5) is 0 Å². The van der Waals surface area contributed by atoms with Crippen LogP contribution in [0.5, 0.6) is 0 Å². The highest BCUT2D eigenvalue weighted by atomic mass is 16.5. The van der Waals surface area contributed by atoms with Gasteiger partial charge in [0.15, 0.2) is 0 Å². The summed E-state index contributed by atoms with van der Waals surface area (Å²) < 4.78 is 4.68. The lowest BCUT2D eigenvalue weighted by Crippen LogP contribution is -2.60. The van der Waals surface area contributed by atoms with Crippen LogP contribution in [0.1, 0.15) is 13.3 Å². The quantitative estimate of drug-likeness (QED) is 0.548. The molecule has 2 fully saturated rings. The number of ether oxygens (including phenoxy) is 1. The van der Waals surface area contributed by atoms with Gasteiger partial charge in [0.05, 0.1) is 7.11 Å². The van der Waals surface area contributed by atoms with E-state index in [-0.39, 0.29) is 17.4 Å². The zero-order chi connectivity index (χ0) is 8.06. The summed E-state index contributed by atoms with van der Waals surface area (Å²) in [5.74, 6) is 0.605. The number of methoxy groups -OCH3 is 1. The third-order valence-electron chi connectivity index (χ3n) is 3.15. The summed E-state index contributed by atoms with van der Waals surface area (Å²) >= 11 is 0. The number of hydrogen-bond donors (Lipinski definition) is 1. The number of carbonyl (C=O) groups excluding carboxylic acids is 1. The van der Waals surface area contributed by atoms with Crippen molar-refractivity contribution in [1.29, 1.82) is 0 Å². The normalized spacial score (nSPS) is 46.7. The molecule has 3 heteroatoms. The van der Waals surface area contributed by atoms with Crippen molar-refractivity contribution in [2.75, 3.05) is 13.7 Å². The van der Waals surface area contributed by atoms with E-state index < -0.39 is 0 Å². The molecule has 2 aliphatic rings. The van der Waals surface area contributed by atoms with Crippen LogP contribution in [0.3, 0.4) is 0 Å². The maximum absolute atomic E-state index is 11.1. The molecule has 0 aromatic rings. The highest BCUT2D eigenvalue weighted by molar-refractivity contribution is 5.79. The molecule has 3 nitrogen and oxygen atoms in total. The topological polar surface area (TPSA) is 38.3 Å². The molecule has 0 amide bonds. The second kappa shape index (κ2) is 1.97. The van der Waals surface area contributed by atoms with Crippen LogP contribution in [0, 0.1) is 11.3 Å². The summed E-state index contributed by atoms with van der Waals surface area (Å²) in [4.78, 5) is 11.1. The molecule has 1 aliphatic carbocycles. The Hall–Kier alpha value is -0.570. The predicted molar refractivity (Wildman–Crippen MR) is 40.0 cm³/mol. The Bertz CT molecular complexity index is 200. The summed E-state index contributed by atoms with van der Waals surface area (Å²) in [6.07, 6.45) is 1.18. The third kappa shape index (κ3) is 0.745. The van der Waals surface area contributed by atoms with Gasteiger partial charge in [0.2, 0.25) is 0 Å². The highest BCUT2D eigenvalue weighted by Crippen LogP contribution is 2.58. The predicted octanol–water partition coefficient (Wildman–Crippen LogP) is 0.157. The second-order valence-electron chi connectivity index (χ2n) is 3.68. The minimum atomic E-state index is -0.0967. The van der Waals surface area contributed by atoms with Crippen molar-refractivity contribution in [2.45, 2.75) is 19.4 Å². The monoisotopic (exact) mass is 155 g/mol. The second-order valence-corrected chi connectivity index (χ2v) is 3.68. The van der Waals surface area contributed by atoms with Gasteiger partial charge in [0.1, 0.15) is 6.04 Å². The molecule has 1 heterocycles. The molecular formula is C8H13NO2. The molecule has 1 N–H and O–H groups in total. The van der Waals surface area contributed by atoms with Crippen molar-refractivity contribution in [3.8, 4) is 0 Å². The number of hydrogen-bond acceptors (Lipinski definition) is 3. The lowest BCUT2D eigenvalue weighted by atomic mass is 9.86. The molecule has 1 saturated heterocycles. The van der Waals surface area contributed by atoms with Crippen molar-refractivity contribution >= 4 is 5.97 Å². The standard InChI is InChI=1S/C8H13NO2/c1-5-3-8(5)4-9-6(8)7(10)11-2/h5-6,9H,3-4H2,1-2H3/t5-,6-,8-/m0/s1. The van der Waals surface area contributed by atoms with Gasteiger partial charge in [-0.3, -0.25) is 4.79 Å². The molecule has 62 valence electrons. The molecule has 1 spiro atoms. The number of nitrogens with one attached hydrogen (secondary N) is 1. The number of esters is 1. The summed E-state index contributed by atoms with van der Waals surface area (Å²) in [5, 5.41) is 3.10. The molecular weight excluding hydrogens is 142 g/mol. The molecule has 0 unspecified atom stereocenters. The van der Waals surface area contributed by atoms with Gasteiger partial charge in [-0.05, 0) is 12.3 Å². The number of rotatable bonds is 1. The van der Waals surface area contributed by atoms with Gasteiger partial charge in [-0.25, -0.2) is 0 Å². The molecule has 0 aromatic carbocycles. The molecule has 1 saturated carbocycles. The van der Waals surface area contributed by atoms with E-state index in [1.54, 1.807) is 0 Å². The van der Waals surface area contributed by atoms with Crippen LogP contribution >= 0.6 is 0 Å². The Balaban J connectivity index is 2.02. The average Bonchev–Trinajstić information content (AvgIpc) is 2.62. The zero-order valence-corrected chi connectivity index (χ0v) is 6.89. The van der Waals surface area contributed by atoms with Crippen molar-refractivity contribution in [3.05, 3.63) is 0 Å². The Morgan fingerprint density at radius 1 is 1.73 bits per heavy atom. The smallest absolute Gasteiger partial charge is 0.323 e. The van der Waals surface area contributed by atoms with Crippen molar-refractivity contribution < 1.29 is 9.53 Å². The van der Waals surface area contributed by atoms with Gasteiger partial charge in [-0.2, -0.15) is 0 Å². The van der Waals surface area contributed by atoms with Crippen LogP contribution < -0.4 is 5.32 Å². The van der Waals surface area contributed by atoms with Gasteiger partial charge in [0, 0.05) is 12.0 Å². The molecule has 3 atom stereocenters. The Morgan fingerprint density at radius 2 is 2.36 bits per heavy atom. The van der Waals surface area contributed by atoms with Gasteiger partial charge in [-0.15, -0.1) is 0 Å². The fourth-order valence-corrected chi connectivity index (χ4v) is 2.06. The molecule has 2 rings (SSSR count). The van der Waals surface area contributed by atoms with Crippen LogP contribution in [0.15, 0.2) is 0 Å². The summed E-state index contributed by atoms with van der Waals surface area (Å²) in [7, 11) is 1.45. The first-order chi connectivity index (χ1) is 5.20. The van der Waals surface area contributed by atoms with E-state index >= 15 is 0 Å². The zero-order valence-electron chi connectivity index (χ0n) is 6.89. The first-order valence-corrected chi connectivity index (χ1v) is 4.02. The van der Waals surface area contributed by atoms with E-state index in [0.717, 1.165) is 6.54 Å². The Labute approximate surface area is 66.1 Å². The maximum Gasteiger partial charge on any atom is 0.323 e. The Kier molecular flexibility index (Phi) is 1.27. The van der Waals surface area contributed by atoms with E-state index in [2.05, 4.69) is 17.0 Å². The van der Waals surface area contributed by atoms with Crippen molar-refractivity contribution in [3.63, 3.8) is 0 Å². The molecule has 0 bridgehead atoms. The van der Waals surface area contributed by atoms with Gasteiger partial charge in [-0.1, -0.05) is 6.92 Å². The van der Waals surface area contributed by atoms with E-state index in [4.69, 9.17) is 0 Å². The van der Waals surface area contributed by atoms with E-state index in [1.165, 1.54) is 13.5 Å². The third-order valence-corrected chi connectivity index (χ3v) is 3.15. The molecule has 11 heavy (non-hydrogen) atoms. The van der Waals surface area contributed by atoms with E-state index in [1.807, 2.05) is 0 Å². The first-order valence-electron chi connectivity index (χ1n) is 4.02. The number of carbonyl (C=O) groups is 1. The fraction of sp³-hybridized carbons (Fsp3) is 0.875. The van der Waals surface area contributed by atoms with Gasteiger partial charge >= 0.3 is 5.97 Å². The van der Waals surface area contributed by atoms with E-state index in [9.17, 15) is 4.79 Å². The first kappa shape index (κ1) is 7.10. The highest BCUT2D eigenvalue weighted by Gasteiger charge is 2.64. The van der Waals surface area contributed by atoms with Crippen LogP contribution in [-0.2, 0) is 9.53 Å². The minimum Gasteiger partial charge on any atom is -0.468 e.